The van der Waals surface area contributed by atoms with Gasteiger partial charge in [-0.3, -0.25) is 0 Å². The van der Waals surface area contributed by atoms with Crippen LogP contribution < -0.4 is 4.74 Å². The monoisotopic (exact) mass is 304 g/mol. The summed E-state index contributed by atoms with van der Waals surface area (Å²) >= 11 is 0. The van der Waals surface area contributed by atoms with Gasteiger partial charge in [-0.25, -0.2) is 4.39 Å². The third-order valence-corrected chi connectivity index (χ3v) is 3.46. The zero-order valence-electron chi connectivity index (χ0n) is 12.6. The summed E-state index contributed by atoms with van der Waals surface area (Å²) < 4.78 is 18.9. The molecule has 118 valence electrons. The summed E-state index contributed by atoms with van der Waals surface area (Å²) in [4.78, 5) is 0. The molecule has 2 atom stereocenters. The van der Waals surface area contributed by atoms with E-state index in [2.05, 4.69) is 0 Å². The lowest BCUT2D eigenvalue weighted by Gasteiger charge is -2.16. The first-order valence-corrected chi connectivity index (χ1v) is 7.44. The van der Waals surface area contributed by atoms with Crippen molar-refractivity contribution >= 4 is 0 Å². The number of aromatic hydroxyl groups is 1. The molecule has 0 radical (unpaired) electrons. The third-order valence-electron chi connectivity index (χ3n) is 3.46. The number of alkyl halides is 1. The van der Waals surface area contributed by atoms with Gasteiger partial charge in [0.15, 0.2) is 0 Å². The highest BCUT2D eigenvalue weighted by Crippen LogP contribution is 2.24. The highest BCUT2D eigenvalue weighted by atomic mass is 19.1. The van der Waals surface area contributed by atoms with Crippen LogP contribution in [0.1, 0.15) is 19.8 Å². The molecule has 3 nitrogen and oxygen atoms in total. The van der Waals surface area contributed by atoms with Gasteiger partial charge in [0.1, 0.15) is 30.4 Å². The van der Waals surface area contributed by atoms with Crippen molar-refractivity contribution in [1.29, 1.82) is 0 Å². The molecule has 2 N–H and O–H groups in total. The molecule has 0 heterocycles. The van der Waals surface area contributed by atoms with E-state index in [-0.39, 0.29) is 12.4 Å². The zero-order chi connectivity index (χ0) is 15.9. The van der Waals surface area contributed by atoms with Gasteiger partial charge >= 0.3 is 0 Å². The molecule has 0 unspecified atom stereocenters. The number of halogens is 1. The molecular weight excluding hydrogens is 283 g/mol. The minimum atomic E-state index is -1.25. The van der Waals surface area contributed by atoms with E-state index < -0.39 is 12.3 Å². The van der Waals surface area contributed by atoms with E-state index >= 15 is 0 Å². The van der Waals surface area contributed by atoms with E-state index in [1.165, 1.54) is 0 Å². The maximum absolute atomic E-state index is 13.5. The number of rotatable bonds is 7. The SMILES string of the molecule is CCC[C@@H](F)[C@@H](O)COc1ccc(-c2ccc(O)cc2)cc1. The summed E-state index contributed by atoms with van der Waals surface area (Å²) in [6, 6.07) is 14.2. The topological polar surface area (TPSA) is 49.7 Å². The molecule has 2 aromatic rings. The van der Waals surface area contributed by atoms with E-state index in [1.807, 2.05) is 31.2 Å². The maximum Gasteiger partial charge on any atom is 0.129 e. The second kappa shape index (κ2) is 7.80. The number of phenolic OH excluding ortho intramolecular Hbond substituents is 1. The standard InChI is InChI=1S/C18H21FO3/c1-2-3-17(19)18(21)12-22-16-10-6-14(7-11-16)13-4-8-15(20)9-5-13/h4-11,17-18,20-21H,2-3,12H2,1H3/t17-,18+/m1/s1. The average Bonchev–Trinajstić information content (AvgIpc) is 2.54. The highest BCUT2D eigenvalue weighted by Gasteiger charge is 2.17. The molecule has 4 heteroatoms. The van der Waals surface area contributed by atoms with E-state index in [1.54, 1.807) is 24.3 Å². The molecule has 0 aliphatic heterocycles. The molecule has 0 bridgehead atoms. The van der Waals surface area contributed by atoms with Gasteiger partial charge < -0.3 is 14.9 Å². The minimum Gasteiger partial charge on any atom is -0.508 e. The smallest absolute Gasteiger partial charge is 0.129 e. The van der Waals surface area contributed by atoms with Crippen molar-refractivity contribution in [1.82, 2.24) is 0 Å². The summed E-state index contributed by atoms with van der Waals surface area (Å²) in [5.74, 6) is 0.816. The van der Waals surface area contributed by atoms with Crippen LogP contribution in [0.2, 0.25) is 0 Å². The lowest BCUT2D eigenvalue weighted by molar-refractivity contribution is 0.0331. The second-order valence-electron chi connectivity index (χ2n) is 5.25. The van der Waals surface area contributed by atoms with Gasteiger partial charge in [0.2, 0.25) is 0 Å². The van der Waals surface area contributed by atoms with Crippen LogP contribution in [0.15, 0.2) is 48.5 Å². The van der Waals surface area contributed by atoms with Crippen LogP contribution in [0.4, 0.5) is 4.39 Å². The lowest BCUT2D eigenvalue weighted by atomic mass is 10.1. The molecule has 22 heavy (non-hydrogen) atoms. The van der Waals surface area contributed by atoms with Crippen molar-refractivity contribution in [2.24, 2.45) is 0 Å². The van der Waals surface area contributed by atoms with Crippen molar-refractivity contribution in [3.63, 3.8) is 0 Å². The molecule has 0 spiro atoms. The van der Waals surface area contributed by atoms with Gasteiger partial charge in [0.05, 0.1) is 0 Å². The molecule has 0 saturated heterocycles. The number of aliphatic hydroxyl groups excluding tert-OH is 1. The molecule has 0 aliphatic carbocycles. The van der Waals surface area contributed by atoms with Gasteiger partial charge in [-0.05, 0) is 41.8 Å². The van der Waals surface area contributed by atoms with Crippen LogP contribution in [0.25, 0.3) is 11.1 Å². The fourth-order valence-corrected chi connectivity index (χ4v) is 2.15. The van der Waals surface area contributed by atoms with Gasteiger partial charge in [0, 0.05) is 0 Å². The fraction of sp³-hybridized carbons (Fsp3) is 0.333. The molecule has 0 amide bonds. The molecule has 0 aromatic heterocycles. The van der Waals surface area contributed by atoms with Crippen molar-refractivity contribution < 1.29 is 19.3 Å². The molecule has 2 aromatic carbocycles. The Morgan fingerprint density at radius 3 is 2.09 bits per heavy atom. The van der Waals surface area contributed by atoms with E-state index in [4.69, 9.17) is 4.74 Å². The fourth-order valence-electron chi connectivity index (χ4n) is 2.15. The van der Waals surface area contributed by atoms with Gasteiger partial charge in [-0.2, -0.15) is 0 Å². The summed E-state index contributed by atoms with van der Waals surface area (Å²) in [5.41, 5.74) is 1.97. The summed E-state index contributed by atoms with van der Waals surface area (Å²) in [6.07, 6.45) is -1.32. The van der Waals surface area contributed by atoms with Gasteiger partial charge in [0.25, 0.3) is 0 Å². The van der Waals surface area contributed by atoms with Crippen LogP contribution in [0, 0.1) is 0 Å². The first-order valence-electron chi connectivity index (χ1n) is 7.44. The predicted octanol–water partition coefficient (Wildman–Crippen LogP) is 3.94. The quantitative estimate of drug-likeness (QED) is 0.814. The Kier molecular flexibility index (Phi) is 5.78. The second-order valence-corrected chi connectivity index (χ2v) is 5.25. The van der Waals surface area contributed by atoms with Crippen LogP contribution in [0.3, 0.4) is 0 Å². The number of hydrogen-bond acceptors (Lipinski definition) is 3. The highest BCUT2D eigenvalue weighted by molar-refractivity contribution is 5.64. The average molecular weight is 304 g/mol. The zero-order valence-corrected chi connectivity index (χ0v) is 12.6. The Hall–Kier alpha value is -2.07. The lowest BCUT2D eigenvalue weighted by Crippen LogP contribution is -2.28. The predicted molar refractivity (Wildman–Crippen MR) is 84.8 cm³/mol. The Balaban J connectivity index is 1.93. The van der Waals surface area contributed by atoms with Crippen molar-refractivity contribution in [3.05, 3.63) is 48.5 Å². The number of benzene rings is 2. The number of hydrogen-bond donors (Lipinski definition) is 2. The molecule has 0 fully saturated rings. The van der Waals surface area contributed by atoms with Gasteiger partial charge in [-0.15, -0.1) is 0 Å². The molecule has 2 rings (SSSR count). The van der Waals surface area contributed by atoms with Crippen LogP contribution in [0.5, 0.6) is 11.5 Å². The first-order chi connectivity index (χ1) is 10.6. The van der Waals surface area contributed by atoms with Crippen LogP contribution >= 0.6 is 0 Å². The van der Waals surface area contributed by atoms with E-state index in [0.717, 1.165) is 11.1 Å². The molecular formula is C18H21FO3. The number of ether oxygens (including phenoxy) is 1. The number of aliphatic hydroxyl groups is 1. The Morgan fingerprint density at radius 1 is 1.00 bits per heavy atom. The minimum absolute atomic E-state index is 0.0558. The summed E-state index contributed by atoms with van der Waals surface area (Å²) in [6.45, 7) is 1.82. The van der Waals surface area contributed by atoms with Crippen LogP contribution in [-0.2, 0) is 0 Å². The van der Waals surface area contributed by atoms with Gasteiger partial charge in [-0.1, -0.05) is 37.6 Å². The molecule has 0 saturated carbocycles. The van der Waals surface area contributed by atoms with E-state index in [9.17, 15) is 14.6 Å². The Labute approximate surface area is 130 Å². The summed E-state index contributed by atoms with van der Waals surface area (Å²) in [5, 5.41) is 18.9. The van der Waals surface area contributed by atoms with Crippen molar-refractivity contribution in [3.8, 4) is 22.6 Å². The molecule has 0 aliphatic rings. The maximum atomic E-state index is 13.5. The van der Waals surface area contributed by atoms with Crippen molar-refractivity contribution in [2.45, 2.75) is 32.0 Å². The Bertz CT molecular complexity index is 566. The van der Waals surface area contributed by atoms with E-state index in [0.29, 0.717) is 18.6 Å². The Morgan fingerprint density at radius 2 is 1.55 bits per heavy atom. The summed E-state index contributed by atoms with van der Waals surface area (Å²) in [7, 11) is 0. The van der Waals surface area contributed by atoms with Crippen LogP contribution in [-0.4, -0.2) is 29.1 Å². The first kappa shape index (κ1) is 16.3. The normalized spacial score (nSPS) is 13.6. The number of phenols is 1. The van der Waals surface area contributed by atoms with Crippen molar-refractivity contribution in [2.75, 3.05) is 6.61 Å². The third kappa shape index (κ3) is 4.46. The largest absolute Gasteiger partial charge is 0.508 e.